The Morgan fingerprint density at radius 3 is 2.33 bits per heavy atom. The van der Waals surface area contributed by atoms with E-state index in [0.717, 1.165) is 38.3 Å². The van der Waals surface area contributed by atoms with Crippen LogP contribution in [0.2, 0.25) is 10.0 Å². The predicted molar refractivity (Wildman–Crippen MR) is 92.2 cm³/mol. The minimum absolute atomic E-state index is 0.0157. The molecule has 1 fully saturated rings. The van der Waals surface area contributed by atoms with Crippen LogP contribution in [0.4, 0.5) is 5.69 Å². The Hall–Kier alpha value is -1.67. The molecule has 3 rings (SSSR count). The molecule has 2 heterocycles. The molecule has 128 valence electrons. The molecule has 0 N–H and O–H groups in total. The molecule has 7 nitrogen and oxygen atoms in total. The number of nitro groups is 1. The molecular formula is C15H17Cl2N5O2. The van der Waals surface area contributed by atoms with Crippen LogP contribution in [0.5, 0.6) is 0 Å². The van der Waals surface area contributed by atoms with E-state index in [1.807, 2.05) is 18.2 Å². The van der Waals surface area contributed by atoms with Crippen molar-refractivity contribution in [3.8, 4) is 0 Å². The number of halogens is 2. The van der Waals surface area contributed by atoms with E-state index < -0.39 is 4.92 Å². The summed E-state index contributed by atoms with van der Waals surface area (Å²) in [6, 6.07) is 5.54. The van der Waals surface area contributed by atoms with E-state index in [-0.39, 0.29) is 5.69 Å². The van der Waals surface area contributed by atoms with Gasteiger partial charge in [0.25, 0.3) is 0 Å². The monoisotopic (exact) mass is 369 g/mol. The maximum Gasteiger partial charge on any atom is 0.307 e. The summed E-state index contributed by atoms with van der Waals surface area (Å²) in [6.45, 7) is 4.75. The first-order chi connectivity index (χ1) is 11.5. The van der Waals surface area contributed by atoms with Crippen molar-refractivity contribution in [1.82, 2.24) is 19.6 Å². The first kappa shape index (κ1) is 17.2. The minimum Gasteiger partial charge on any atom is -0.296 e. The van der Waals surface area contributed by atoms with Gasteiger partial charge >= 0.3 is 5.69 Å². The Morgan fingerprint density at radius 2 is 1.75 bits per heavy atom. The molecule has 0 spiro atoms. The Bertz CT molecular complexity index is 708. The number of hydrogen-bond acceptors (Lipinski definition) is 5. The molecule has 9 heteroatoms. The summed E-state index contributed by atoms with van der Waals surface area (Å²) >= 11 is 12.4. The molecule has 1 aliphatic heterocycles. The van der Waals surface area contributed by atoms with Crippen LogP contribution in [0.1, 0.15) is 5.56 Å². The fourth-order valence-electron chi connectivity index (χ4n) is 2.73. The summed E-state index contributed by atoms with van der Waals surface area (Å²) in [5, 5.41) is 16.1. The SMILES string of the molecule is O=[N+]([O-])c1cnn(CN2CCN(Cc3c(Cl)cccc3Cl)CC2)c1. The lowest BCUT2D eigenvalue weighted by molar-refractivity contribution is -0.385. The Labute approximate surface area is 149 Å². The molecule has 0 unspecified atom stereocenters. The van der Waals surface area contributed by atoms with Gasteiger partial charge in [0.15, 0.2) is 0 Å². The van der Waals surface area contributed by atoms with Crippen LogP contribution in [0.3, 0.4) is 0 Å². The quantitative estimate of drug-likeness (QED) is 0.598. The zero-order valence-corrected chi connectivity index (χ0v) is 14.4. The normalized spacial score (nSPS) is 16.4. The Kier molecular flexibility index (Phi) is 5.35. The van der Waals surface area contributed by atoms with Crippen LogP contribution >= 0.6 is 23.2 Å². The highest BCUT2D eigenvalue weighted by molar-refractivity contribution is 6.35. The van der Waals surface area contributed by atoms with Gasteiger partial charge in [-0.15, -0.1) is 0 Å². The number of nitrogens with zero attached hydrogens (tertiary/aromatic N) is 5. The smallest absolute Gasteiger partial charge is 0.296 e. The maximum atomic E-state index is 10.7. The average molecular weight is 370 g/mol. The summed E-state index contributed by atoms with van der Waals surface area (Å²) in [5.41, 5.74) is 0.971. The molecule has 0 saturated carbocycles. The summed E-state index contributed by atoms with van der Waals surface area (Å²) in [5.74, 6) is 0. The van der Waals surface area contributed by atoms with Crippen LogP contribution in [0, 0.1) is 10.1 Å². The average Bonchev–Trinajstić information content (AvgIpc) is 3.01. The molecule has 0 atom stereocenters. The van der Waals surface area contributed by atoms with Crippen molar-refractivity contribution in [3.05, 3.63) is 56.3 Å². The first-order valence-corrected chi connectivity index (χ1v) is 8.33. The number of piperazine rings is 1. The molecule has 24 heavy (non-hydrogen) atoms. The lowest BCUT2D eigenvalue weighted by atomic mass is 10.2. The van der Waals surface area contributed by atoms with Crippen molar-refractivity contribution in [1.29, 1.82) is 0 Å². The van der Waals surface area contributed by atoms with Gasteiger partial charge in [0.1, 0.15) is 12.4 Å². The molecule has 1 aromatic heterocycles. The molecule has 0 amide bonds. The molecule has 0 aliphatic carbocycles. The Morgan fingerprint density at radius 1 is 1.12 bits per heavy atom. The predicted octanol–water partition coefficient (Wildman–Crippen LogP) is 2.87. The second-order valence-corrected chi connectivity index (χ2v) is 6.55. The van der Waals surface area contributed by atoms with Crippen molar-refractivity contribution in [3.63, 3.8) is 0 Å². The van der Waals surface area contributed by atoms with Gasteiger partial charge in [-0.2, -0.15) is 5.10 Å². The van der Waals surface area contributed by atoms with Gasteiger partial charge in [0.2, 0.25) is 0 Å². The van der Waals surface area contributed by atoms with E-state index in [2.05, 4.69) is 14.9 Å². The van der Waals surface area contributed by atoms with Crippen molar-refractivity contribution < 1.29 is 4.92 Å². The standard InChI is InChI=1S/C15H17Cl2N5O2/c16-14-2-1-3-15(17)13(14)10-19-4-6-20(7-5-19)11-21-9-12(8-18-21)22(23)24/h1-3,8-9H,4-7,10-11H2. The first-order valence-electron chi connectivity index (χ1n) is 7.57. The topological polar surface area (TPSA) is 67.4 Å². The highest BCUT2D eigenvalue weighted by Crippen LogP contribution is 2.26. The third kappa shape index (κ3) is 4.05. The highest BCUT2D eigenvalue weighted by Gasteiger charge is 2.20. The number of aromatic nitrogens is 2. The molecule has 1 aromatic carbocycles. The molecule has 1 aliphatic rings. The van der Waals surface area contributed by atoms with Crippen LogP contribution in [-0.2, 0) is 13.2 Å². The zero-order chi connectivity index (χ0) is 17.1. The number of hydrogen-bond donors (Lipinski definition) is 0. The third-order valence-corrected chi connectivity index (χ3v) is 4.79. The fourth-order valence-corrected chi connectivity index (χ4v) is 3.24. The molecule has 2 aromatic rings. The minimum atomic E-state index is -0.436. The van der Waals surface area contributed by atoms with Gasteiger partial charge in [-0.05, 0) is 12.1 Å². The number of benzene rings is 1. The summed E-state index contributed by atoms with van der Waals surface area (Å²) in [7, 11) is 0. The van der Waals surface area contributed by atoms with Crippen molar-refractivity contribution >= 4 is 28.9 Å². The van der Waals surface area contributed by atoms with Gasteiger partial charge < -0.3 is 0 Å². The van der Waals surface area contributed by atoms with Crippen LogP contribution < -0.4 is 0 Å². The second kappa shape index (κ2) is 7.48. The highest BCUT2D eigenvalue weighted by atomic mass is 35.5. The second-order valence-electron chi connectivity index (χ2n) is 5.73. The van der Waals surface area contributed by atoms with Gasteiger partial charge in [-0.25, -0.2) is 0 Å². The summed E-state index contributed by atoms with van der Waals surface area (Å²) in [4.78, 5) is 14.8. The van der Waals surface area contributed by atoms with E-state index in [1.165, 1.54) is 12.4 Å². The van der Waals surface area contributed by atoms with Gasteiger partial charge in [0.05, 0.1) is 11.6 Å². The van der Waals surface area contributed by atoms with Gasteiger partial charge in [0, 0.05) is 48.3 Å². The van der Waals surface area contributed by atoms with Gasteiger partial charge in [-0.3, -0.25) is 24.6 Å². The van der Waals surface area contributed by atoms with Crippen molar-refractivity contribution in [2.45, 2.75) is 13.2 Å². The lowest BCUT2D eigenvalue weighted by Gasteiger charge is -2.34. The van der Waals surface area contributed by atoms with E-state index in [4.69, 9.17) is 23.2 Å². The zero-order valence-electron chi connectivity index (χ0n) is 12.9. The van der Waals surface area contributed by atoms with E-state index in [0.29, 0.717) is 16.7 Å². The van der Waals surface area contributed by atoms with Crippen LogP contribution in [-0.4, -0.2) is 50.7 Å². The van der Waals surface area contributed by atoms with Crippen LogP contribution in [0.25, 0.3) is 0 Å². The number of rotatable bonds is 5. The largest absolute Gasteiger partial charge is 0.307 e. The fraction of sp³-hybridized carbons (Fsp3) is 0.400. The van der Waals surface area contributed by atoms with E-state index in [1.54, 1.807) is 4.68 Å². The summed E-state index contributed by atoms with van der Waals surface area (Å²) < 4.78 is 1.60. The Balaban J connectivity index is 1.53. The molecular weight excluding hydrogens is 353 g/mol. The molecule has 0 radical (unpaired) electrons. The third-order valence-electron chi connectivity index (χ3n) is 4.08. The van der Waals surface area contributed by atoms with Gasteiger partial charge in [-0.1, -0.05) is 29.3 Å². The van der Waals surface area contributed by atoms with Crippen molar-refractivity contribution in [2.75, 3.05) is 26.2 Å². The lowest BCUT2D eigenvalue weighted by Crippen LogP contribution is -2.46. The van der Waals surface area contributed by atoms with Crippen LogP contribution in [0.15, 0.2) is 30.6 Å². The van der Waals surface area contributed by atoms with E-state index >= 15 is 0 Å². The summed E-state index contributed by atoms with van der Waals surface area (Å²) in [6.07, 6.45) is 2.73. The van der Waals surface area contributed by atoms with E-state index in [9.17, 15) is 10.1 Å². The van der Waals surface area contributed by atoms with Crippen molar-refractivity contribution in [2.24, 2.45) is 0 Å². The molecule has 1 saturated heterocycles. The maximum absolute atomic E-state index is 10.7. The molecule has 0 bridgehead atoms.